The van der Waals surface area contributed by atoms with Gasteiger partial charge in [0.1, 0.15) is 6.10 Å². The van der Waals surface area contributed by atoms with Crippen molar-refractivity contribution in [1.29, 1.82) is 0 Å². The first-order chi connectivity index (χ1) is 14.5. The summed E-state index contributed by atoms with van der Waals surface area (Å²) in [5.41, 5.74) is 5.28. The van der Waals surface area contributed by atoms with Gasteiger partial charge in [0.2, 0.25) is 6.10 Å². The Morgan fingerprint density at radius 1 is 1.13 bits per heavy atom. The van der Waals surface area contributed by atoms with E-state index in [0.29, 0.717) is 6.42 Å². The molecule has 2 amide bonds. The third kappa shape index (κ3) is 6.69. The van der Waals surface area contributed by atoms with Crippen LogP contribution in [0.1, 0.15) is 53.0 Å². The van der Waals surface area contributed by atoms with Crippen LogP contribution < -0.4 is 11.1 Å². The fourth-order valence-corrected chi connectivity index (χ4v) is 3.38. The smallest absolute Gasteiger partial charge is 0.433 e. The number of primary amides is 1. The van der Waals surface area contributed by atoms with E-state index in [2.05, 4.69) is 17.4 Å². The Kier molecular flexibility index (Phi) is 8.51. The van der Waals surface area contributed by atoms with Crippen molar-refractivity contribution in [1.82, 2.24) is 5.32 Å². The molecule has 31 heavy (non-hydrogen) atoms. The van der Waals surface area contributed by atoms with E-state index in [9.17, 15) is 9.59 Å². The van der Waals surface area contributed by atoms with Crippen molar-refractivity contribution in [3.8, 4) is 0 Å². The number of aryl methyl sites for hydroxylation is 1. The lowest BCUT2D eigenvalue weighted by atomic mass is 9.75. The standard InChI is InChI=1S/C22H35BN2O6/c1-15(28-6)18(29-20(24)27)19(26)25-17(14-10-13-16-11-8-7-9-12-16)23-30-21(2,3)22(4,5)31-23/h7-9,11-12,15,17-18H,10,13-14H2,1-6H3,(H2,24,27)(H,25,26). The Labute approximate surface area is 185 Å². The molecule has 3 N–H and O–H groups in total. The summed E-state index contributed by atoms with van der Waals surface area (Å²) in [4.78, 5) is 24.3. The van der Waals surface area contributed by atoms with E-state index < -0.39 is 48.5 Å². The molecule has 0 aliphatic carbocycles. The fourth-order valence-electron chi connectivity index (χ4n) is 3.38. The van der Waals surface area contributed by atoms with E-state index in [0.717, 1.165) is 12.8 Å². The zero-order valence-corrected chi connectivity index (χ0v) is 19.3. The summed E-state index contributed by atoms with van der Waals surface area (Å²) >= 11 is 0. The predicted molar refractivity (Wildman–Crippen MR) is 118 cm³/mol. The van der Waals surface area contributed by atoms with Gasteiger partial charge in [-0.15, -0.1) is 0 Å². The van der Waals surface area contributed by atoms with Crippen molar-refractivity contribution < 1.29 is 28.4 Å². The molecule has 1 aliphatic heterocycles. The highest BCUT2D eigenvalue weighted by molar-refractivity contribution is 6.48. The molecule has 0 saturated carbocycles. The van der Waals surface area contributed by atoms with Crippen molar-refractivity contribution in [3.05, 3.63) is 35.9 Å². The molecule has 9 heteroatoms. The number of rotatable bonds is 10. The Hall–Kier alpha value is -2.10. The maximum absolute atomic E-state index is 13.0. The molecule has 0 spiro atoms. The van der Waals surface area contributed by atoms with Gasteiger partial charge in [-0.2, -0.15) is 0 Å². The zero-order valence-electron chi connectivity index (χ0n) is 19.3. The summed E-state index contributed by atoms with van der Waals surface area (Å²) in [6.45, 7) is 9.47. The van der Waals surface area contributed by atoms with Gasteiger partial charge in [0, 0.05) is 7.11 Å². The van der Waals surface area contributed by atoms with Crippen LogP contribution in [0.25, 0.3) is 0 Å². The molecule has 1 aromatic carbocycles. The van der Waals surface area contributed by atoms with Crippen molar-refractivity contribution >= 4 is 19.1 Å². The minimum absolute atomic E-state index is 0.444. The maximum atomic E-state index is 13.0. The molecule has 1 fully saturated rings. The van der Waals surface area contributed by atoms with Gasteiger partial charge in [-0.3, -0.25) is 4.79 Å². The molecular formula is C22H35BN2O6. The van der Waals surface area contributed by atoms with Gasteiger partial charge in [-0.05, 0) is 59.4 Å². The van der Waals surface area contributed by atoms with E-state index in [1.165, 1.54) is 12.7 Å². The Balaban J connectivity index is 2.14. The van der Waals surface area contributed by atoms with E-state index >= 15 is 0 Å². The molecule has 1 aliphatic rings. The zero-order chi connectivity index (χ0) is 23.2. The molecule has 1 heterocycles. The molecule has 2 rings (SSSR count). The molecular weight excluding hydrogens is 399 g/mol. The number of methoxy groups -OCH3 is 1. The highest BCUT2D eigenvalue weighted by Crippen LogP contribution is 2.38. The van der Waals surface area contributed by atoms with Crippen LogP contribution >= 0.6 is 0 Å². The van der Waals surface area contributed by atoms with Gasteiger partial charge < -0.3 is 29.8 Å². The molecule has 1 aromatic rings. The molecule has 0 radical (unpaired) electrons. The SMILES string of the molecule is COC(C)C(OC(N)=O)C(=O)NC(CCCc1ccccc1)B1OC(C)(C)C(C)(C)O1. The molecule has 3 atom stereocenters. The summed E-state index contributed by atoms with van der Waals surface area (Å²) in [5, 5.41) is 2.94. The number of ether oxygens (including phenoxy) is 2. The van der Waals surface area contributed by atoms with Crippen molar-refractivity contribution in [2.45, 2.75) is 83.2 Å². The third-order valence-corrected chi connectivity index (χ3v) is 6.05. The van der Waals surface area contributed by atoms with Gasteiger partial charge in [-0.25, -0.2) is 4.79 Å². The predicted octanol–water partition coefficient (Wildman–Crippen LogP) is 2.62. The Bertz CT molecular complexity index is 727. The second-order valence-electron chi connectivity index (χ2n) is 8.92. The van der Waals surface area contributed by atoms with Crippen molar-refractivity contribution in [3.63, 3.8) is 0 Å². The van der Waals surface area contributed by atoms with Crippen LogP contribution in [0.5, 0.6) is 0 Å². The number of carbonyl (C=O) groups is 2. The van der Waals surface area contributed by atoms with E-state index in [1.54, 1.807) is 6.92 Å². The number of hydrogen-bond acceptors (Lipinski definition) is 6. The van der Waals surface area contributed by atoms with Crippen LogP contribution in [-0.4, -0.2) is 55.6 Å². The fraction of sp³-hybridized carbons (Fsp3) is 0.636. The van der Waals surface area contributed by atoms with Gasteiger partial charge in [-0.1, -0.05) is 30.3 Å². The van der Waals surface area contributed by atoms with E-state index in [4.69, 9.17) is 24.5 Å². The quantitative estimate of drug-likeness (QED) is 0.548. The summed E-state index contributed by atoms with van der Waals surface area (Å²) in [5.74, 6) is -0.951. The van der Waals surface area contributed by atoms with Gasteiger partial charge in [0.15, 0.2) is 0 Å². The average molecular weight is 434 g/mol. The Morgan fingerprint density at radius 3 is 2.23 bits per heavy atom. The van der Waals surface area contributed by atoms with E-state index in [1.807, 2.05) is 45.9 Å². The van der Waals surface area contributed by atoms with Gasteiger partial charge >= 0.3 is 13.2 Å². The lowest BCUT2D eigenvalue weighted by Gasteiger charge is -2.32. The van der Waals surface area contributed by atoms with Crippen molar-refractivity contribution in [2.75, 3.05) is 7.11 Å². The molecule has 1 saturated heterocycles. The topological polar surface area (TPSA) is 109 Å². The Morgan fingerprint density at radius 2 is 1.71 bits per heavy atom. The van der Waals surface area contributed by atoms with Crippen LogP contribution in [-0.2, 0) is 30.0 Å². The first kappa shape index (κ1) is 25.2. The lowest BCUT2D eigenvalue weighted by molar-refractivity contribution is -0.136. The molecule has 172 valence electrons. The lowest BCUT2D eigenvalue weighted by Crippen LogP contribution is -2.54. The average Bonchev–Trinajstić information content (AvgIpc) is 2.92. The van der Waals surface area contributed by atoms with Crippen LogP contribution in [0.3, 0.4) is 0 Å². The molecule has 8 nitrogen and oxygen atoms in total. The first-order valence-electron chi connectivity index (χ1n) is 10.7. The number of nitrogens with two attached hydrogens (primary N) is 1. The van der Waals surface area contributed by atoms with Gasteiger partial charge in [0.05, 0.1) is 17.1 Å². The van der Waals surface area contributed by atoms with Crippen LogP contribution in [0, 0.1) is 0 Å². The number of carbonyl (C=O) groups excluding carboxylic acids is 2. The third-order valence-electron chi connectivity index (χ3n) is 6.05. The number of hydrogen-bond donors (Lipinski definition) is 2. The van der Waals surface area contributed by atoms with Gasteiger partial charge in [0.25, 0.3) is 5.91 Å². The van der Waals surface area contributed by atoms with Crippen molar-refractivity contribution in [2.24, 2.45) is 5.73 Å². The summed E-state index contributed by atoms with van der Waals surface area (Å²) < 4.78 is 22.5. The number of amides is 2. The highest BCUT2D eigenvalue weighted by atomic mass is 16.7. The summed E-state index contributed by atoms with van der Waals surface area (Å²) in [6.07, 6.45) is -0.623. The summed E-state index contributed by atoms with van der Waals surface area (Å²) in [7, 11) is 0.790. The second kappa shape index (κ2) is 10.5. The molecule has 0 bridgehead atoms. The minimum atomic E-state index is -1.18. The molecule has 3 unspecified atom stereocenters. The second-order valence-corrected chi connectivity index (χ2v) is 8.92. The van der Waals surface area contributed by atoms with Crippen LogP contribution in [0.15, 0.2) is 30.3 Å². The summed E-state index contributed by atoms with van der Waals surface area (Å²) in [6, 6.07) is 10.1. The number of nitrogens with one attached hydrogen (secondary N) is 1. The first-order valence-corrected chi connectivity index (χ1v) is 10.7. The molecule has 0 aromatic heterocycles. The highest BCUT2D eigenvalue weighted by Gasteiger charge is 2.54. The monoisotopic (exact) mass is 434 g/mol. The maximum Gasteiger partial charge on any atom is 0.481 e. The van der Waals surface area contributed by atoms with Crippen LogP contribution in [0.2, 0.25) is 0 Å². The van der Waals surface area contributed by atoms with E-state index in [-0.39, 0.29) is 0 Å². The van der Waals surface area contributed by atoms with Crippen LogP contribution in [0.4, 0.5) is 4.79 Å². The minimum Gasteiger partial charge on any atom is -0.433 e. The normalized spacial score (nSPS) is 20.0. The number of benzene rings is 1. The largest absolute Gasteiger partial charge is 0.481 e.